The normalized spacial score (nSPS) is 11.9. The van der Waals surface area contributed by atoms with E-state index in [-0.39, 0.29) is 4.90 Å². The second-order valence-electron chi connectivity index (χ2n) is 3.25. The average Bonchev–Trinajstić information content (AvgIpc) is 2.52. The number of hydrogen-bond donors (Lipinski definition) is 1. The van der Waals surface area contributed by atoms with Gasteiger partial charge in [0.2, 0.25) is 10.0 Å². The van der Waals surface area contributed by atoms with Crippen molar-refractivity contribution in [3.63, 3.8) is 0 Å². The van der Waals surface area contributed by atoms with Gasteiger partial charge in [0.1, 0.15) is 0 Å². The summed E-state index contributed by atoms with van der Waals surface area (Å²) < 4.78 is 21.9. The maximum absolute atomic E-state index is 11.0. The molecule has 0 saturated heterocycles. The van der Waals surface area contributed by atoms with Gasteiger partial charge in [0.15, 0.2) is 0 Å². The Morgan fingerprint density at radius 2 is 2.14 bits per heavy atom. The smallest absolute Gasteiger partial charge is 0.225 e. The van der Waals surface area contributed by atoms with E-state index in [4.69, 9.17) is 5.14 Å². The minimum absolute atomic E-state index is 0.244. The maximum Gasteiger partial charge on any atom is 0.238 e. The Bertz CT molecular complexity index is 381. The van der Waals surface area contributed by atoms with Crippen LogP contribution in [0.3, 0.4) is 0 Å². The predicted octanol–water partition coefficient (Wildman–Crippen LogP) is 2.13. The monoisotopic (exact) mass is 233 g/mol. The highest BCUT2D eigenvalue weighted by Crippen LogP contribution is 2.20. The maximum atomic E-state index is 11.0. The van der Waals surface area contributed by atoms with Crippen LogP contribution in [0.2, 0.25) is 0 Å². The van der Waals surface area contributed by atoms with E-state index in [2.05, 4.69) is 6.92 Å². The number of thiophene rings is 1. The number of aryl methyl sites for hydroxylation is 1. The molecule has 5 heteroatoms. The summed E-state index contributed by atoms with van der Waals surface area (Å²) in [6, 6.07) is 1.68. The number of hydrogen-bond acceptors (Lipinski definition) is 3. The molecule has 0 fully saturated rings. The van der Waals surface area contributed by atoms with E-state index < -0.39 is 10.0 Å². The Labute approximate surface area is 89.0 Å². The van der Waals surface area contributed by atoms with Crippen LogP contribution in [-0.2, 0) is 16.4 Å². The molecule has 0 aliphatic heterocycles. The third-order valence-corrected chi connectivity index (χ3v) is 4.02. The molecule has 2 N–H and O–H groups in total. The Hall–Kier alpha value is -0.390. The molecule has 14 heavy (non-hydrogen) atoms. The molecule has 1 aromatic rings. The first-order valence-electron chi connectivity index (χ1n) is 4.64. The van der Waals surface area contributed by atoms with E-state index in [1.165, 1.54) is 24.2 Å². The molecule has 0 atom stereocenters. The van der Waals surface area contributed by atoms with Crippen molar-refractivity contribution in [2.75, 3.05) is 0 Å². The Balaban J connectivity index is 2.60. The lowest BCUT2D eigenvalue weighted by Crippen LogP contribution is -2.10. The van der Waals surface area contributed by atoms with Gasteiger partial charge in [0.05, 0.1) is 4.90 Å². The lowest BCUT2D eigenvalue weighted by atomic mass is 10.2. The van der Waals surface area contributed by atoms with Crippen LogP contribution in [0.25, 0.3) is 0 Å². The van der Waals surface area contributed by atoms with Gasteiger partial charge < -0.3 is 0 Å². The summed E-state index contributed by atoms with van der Waals surface area (Å²) in [5.41, 5.74) is 0. The van der Waals surface area contributed by atoms with E-state index in [1.807, 2.05) is 0 Å². The first-order valence-corrected chi connectivity index (χ1v) is 7.07. The van der Waals surface area contributed by atoms with E-state index in [1.54, 1.807) is 11.4 Å². The average molecular weight is 233 g/mol. The van der Waals surface area contributed by atoms with Crippen molar-refractivity contribution in [2.45, 2.75) is 37.5 Å². The van der Waals surface area contributed by atoms with Gasteiger partial charge in [-0.2, -0.15) is 0 Å². The highest BCUT2D eigenvalue weighted by atomic mass is 32.2. The van der Waals surface area contributed by atoms with Crippen LogP contribution in [-0.4, -0.2) is 8.42 Å². The standard InChI is InChI=1S/C9H15NO2S2/c1-2-3-4-5-8-6-9(7-13-8)14(10,11)12/h6-7H,2-5H2,1H3,(H2,10,11,12). The fourth-order valence-corrected chi connectivity index (χ4v) is 3.04. The van der Waals surface area contributed by atoms with Gasteiger partial charge in [-0.1, -0.05) is 19.8 Å². The lowest BCUT2D eigenvalue weighted by Gasteiger charge is -1.94. The summed E-state index contributed by atoms with van der Waals surface area (Å²) in [5.74, 6) is 0. The third kappa shape index (κ3) is 3.40. The number of unbranched alkanes of at least 4 members (excludes halogenated alkanes) is 2. The Morgan fingerprint density at radius 1 is 1.43 bits per heavy atom. The fourth-order valence-electron chi connectivity index (χ4n) is 1.19. The third-order valence-electron chi connectivity index (χ3n) is 1.98. The summed E-state index contributed by atoms with van der Waals surface area (Å²) in [5, 5.41) is 6.61. The van der Waals surface area contributed by atoms with Crippen molar-refractivity contribution in [3.8, 4) is 0 Å². The van der Waals surface area contributed by atoms with Crippen LogP contribution in [0.4, 0.5) is 0 Å². The van der Waals surface area contributed by atoms with E-state index >= 15 is 0 Å². The van der Waals surface area contributed by atoms with E-state index in [9.17, 15) is 8.42 Å². The largest absolute Gasteiger partial charge is 0.238 e. The van der Waals surface area contributed by atoms with Crippen LogP contribution < -0.4 is 5.14 Å². The van der Waals surface area contributed by atoms with Gasteiger partial charge in [-0.3, -0.25) is 0 Å². The van der Waals surface area contributed by atoms with Gasteiger partial charge in [0, 0.05) is 10.3 Å². The van der Waals surface area contributed by atoms with Crippen molar-refractivity contribution in [2.24, 2.45) is 5.14 Å². The fraction of sp³-hybridized carbons (Fsp3) is 0.556. The van der Waals surface area contributed by atoms with E-state index in [0.717, 1.165) is 17.7 Å². The van der Waals surface area contributed by atoms with Gasteiger partial charge in [-0.05, 0) is 18.9 Å². The zero-order valence-corrected chi connectivity index (χ0v) is 9.83. The Morgan fingerprint density at radius 3 is 2.64 bits per heavy atom. The molecule has 1 aromatic heterocycles. The van der Waals surface area contributed by atoms with Gasteiger partial charge >= 0.3 is 0 Å². The first kappa shape index (κ1) is 11.7. The molecular formula is C9H15NO2S2. The van der Waals surface area contributed by atoms with Crippen molar-refractivity contribution in [1.29, 1.82) is 0 Å². The molecule has 0 aliphatic rings. The number of primary sulfonamides is 1. The highest BCUT2D eigenvalue weighted by Gasteiger charge is 2.09. The van der Waals surface area contributed by atoms with Crippen molar-refractivity contribution < 1.29 is 8.42 Å². The van der Waals surface area contributed by atoms with Crippen LogP contribution in [0.1, 0.15) is 31.1 Å². The molecular weight excluding hydrogens is 218 g/mol. The zero-order chi connectivity index (χ0) is 10.6. The van der Waals surface area contributed by atoms with Crippen LogP contribution in [0.5, 0.6) is 0 Å². The molecule has 0 amide bonds. The van der Waals surface area contributed by atoms with Gasteiger partial charge in [-0.25, -0.2) is 13.6 Å². The molecule has 0 aromatic carbocycles. The number of rotatable bonds is 5. The minimum Gasteiger partial charge on any atom is -0.225 e. The second-order valence-corrected chi connectivity index (χ2v) is 5.81. The molecule has 1 rings (SSSR count). The quantitative estimate of drug-likeness (QED) is 0.792. The molecule has 3 nitrogen and oxygen atoms in total. The zero-order valence-electron chi connectivity index (χ0n) is 8.19. The molecule has 0 radical (unpaired) electrons. The molecule has 0 unspecified atom stereocenters. The topological polar surface area (TPSA) is 60.2 Å². The Kier molecular flexibility index (Phi) is 4.10. The highest BCUT2D eigenvalue weighted by molar-refractivity contribution is 7.89. The van der Waals surface area contributed by atoms with Crippen molar-refractivity contribution in [3.05, 3.63) is 16.3 Å². The summed E-state index contributed by atoms with van der Waals surface area (Å²) in [6.45, 7) is 2.14. The van der Waals surface area contributed by atoms with Gasteiger partial charge in [0.25, 0.3) is 0 Å². The predicted molar refractivity (Wildman–Crippen MR) is 58.9 cm³/mol. The molecule has 80 valence electrons. The second kappa shape index (κ2) is 4.91. The summed E-state index contributed by atoms with van der Waals surface area (Å²) in [6.07, 6.45) is 4.42. The lowest BCUT2D eigenvalue weighted by molar-refractivity contribution is 0.598. The summed E-state index contributed by atoms with van der Waals surface area (Å²) >= 11 is 1.47. The molecule has 0 saturated carbocycles. The van der Waals surface area contributed by atoms with Crippen molar-refractivity contribution >= 4 is 21.4 Å². The van der Waals surface area contributed by atoms with Gasteiger partial charge in [-0.15, -0.1) is 11.3 Å². The molecule has 1 heterocycles. The SMILES string of the molecule is CCCCCc1cc(S(N)(=O)=O)cs1. The van der Waals surface area contributed by atoms with Crippen molar-refractivity contribution in [1.82, 2.24) is 0 Å². The van der Waals surface area contributed by atoms with E-state index in [0.29, 0.717) is 0 Å². The molecule has 0 spiro atoms. The summed E-state index contributed by atoms with van der Waals surface area (Å²) in [7, 11) is -3.50. The minimum atomic E-state index is -3.50. The summed E-state index contributed by atoms with van der Waals surface area (Å²) in [4.78, 5) is 1.34. The number of nitrogens with two attached hydrogens (primary N) is 1. The van der Waals surface area contributed by atoms with Crippen LogP contribution in [0.15, 0.2) is 16.3 Å². The van der Waals surface area contributed by atoms with Crippen LogP contribution >= 0.6 is 11.3 Å². The molecule has 0 aliphatic carbocycles. The van der Waals surface area contributed by atoms with Crippen LogP contribution in [0, 0.1) is 0 Å². The molecule has 0 bridgehead atoms. The number of sulfonamides is 1. The first-order chi connectivity index (χ1) is 6.54.